The van der Waals surface area contributed by atoms with E-state index in [1.54, 1.807) is 24.7 Å². The van der Waals surface area contributed by atoms with E-state index in [9.17, 15) is 4.39 Å². The molecule has 0 N–H and O–H groups in total. The van der Waals surface area contributed by atoms with E-state index in [1.807, 2.05) is 24.5 Å². The van der Waals surface area contributed by atoms with Crippen molar-refractivity contribution in [2.75, 3.05) is 18.0 Å². The first-order valence-corrected chi connectivity index (χ1v) is 8.55. The first-order chi connectivity index (χ1) is 12.3. The van der Waals surface area contributed by atoms with Gasteiger partial charge in [-0.2, -0.15) is 0 Å². The van der Waals surface area contributed by atoms with Crippen LogP contribution in [-0.4, -0.2) is 32.6 Å². The Balaban J connectivity index is 1.54. The SMILES string of the molecule is Fc1cnccc1N1CCC[C@H](c2nccn2Cc2ccncc2)C1. The molecule has 6 heteroatoms. The quantitative estimate of drug-likeness (QED) is 0.733. The molecule has 4 rings (SSSR count). The van der Waals surface area contributed by atoms with Gasteiger partial charge in [0.2, 0.25) is 0 Å². The first kappa shape index (κ1) is 15.7. The van der Waals surface area contributed by atoms with Gasteiger partial charge in [0.15, 0.2) is 5.82 Å². The van der Waals surface area contributed by atoms with Gasteiger partial charge < -0.3 is 9.47 Å². The van der Waals surface area contributed by atoms with Crippen LogP contribution in [0.3, 0.4) is 0 Å². The summed E-state index contributed by atoms with van der Waals surface area (Å²) in [7, 11) is 0. The molecule has 0 spiro atoms. The smallest absolute Gasteiger partial charge is 0.164 e. The number of piperidine rings is 1. The summed E-state index contributed by atoms with van der Waals surface area (Å²) in [6.07, 6.45) is 12.5. The average Bonchev–Trinajstić information content (AvgIpc) is 3.11. The Morgan fingerprint density at radius 2 is 1.92 bits per heavy atom. The molecule has 0 amide bonds. The third-order valence-corrected chi connectivity index (χ3v) is 4.73. The minimum atomic E-state index is -0.261. The van der Waals surface area contributed by atoms with E-state index in [2.05, 4.69) is 24.4 Å². The fourth-order valence-electron chi connectivity index (χ4n) is 3.53. The van der Waals surface area contributed by atoms with Crippen LogP contribution in [0.4, 0.5) is 10.1 Å². The van der Waals surface area contributed by atoms with Crippen LogP contribution >= 0.6 is 0 Å². The van der Waals surface area contributed by atoms with Crippen LogP contribution in [0, 0.1) is 5.82 Å². The van der Waals surface area contributed by atoms with E-state index in [1.165, 1.54) is 11.8 Å². The van der Waals surface area contributed by atoms with Crippen LogP contribution < -0.4 is 4.90 Å². The number of anilines is 1. The standard InChI is InChI=1S/C19H20FN5/c20-17-12-22-8-5-18(17)24-10-1-2-16(14-24)19-23-9-11-25(19)13-15-3-6-21-7-4-15/h3-9,11-12,16H,1-2,10,13-14H2/t16-/m0/s1. The summed E-state index contributed by atoms with van der Waals surface area (Å²) in [5, 5.41) is 0. The lowest BCUT2D eigenvalue weighted by molar-refractivity contribution is 0.470. The van der Waals surface area contributed by atoms with Gasteiger partial charge in [-0.15, -0.1) is 0 Å². The number of hydrogen-bond acceptors (Lipinski definition) is 4. The second-order valence-electron chi connectivity index (χ2n) is 6.38. The summed E-state index contributed by atoms with van der Waals surface area (Å²) in [5.41, 5.74) is 1.83. The number of pyridine rings is 2. The van der Waals surface area contributed by atoms with Gasteiger partial charge >= 0.3 is 0 Å². The van der Waals surface area contributed by atoms with Crippen molar-refractivity contribution in [2.45, 2.75) is 25.3 Å². The van der Waals surface area contributed by atoms with Crippen LogP contribution in [-0.2, 0) is 6.54 Å². The first-order valence-electron chi connectivity index (χ1n) is 8.55. The Morgan fingerprint density at radius 1 is 1.08 bits per heavy atom. The van der Waals surface area contributed by atoms with Crippen LogP contribution in [0.5, 0.6) is 0 Å². The van der Waals surface area contributed by atoms with Crippen molar-refractivity contribution in [3.8, 4) is 0 Å². The zero-order chi connectivity index (χ0) is 17.1. The zero-order valence-electron chi connectivity index (χ0n) is 13.9. The lowest BCUT2D eigenvalue weighted by Crippen LogP contribution is -2.36. The van der Waals surface area contributed by atoms with E-state index in [0.717, 1.165) is 38.3 Å². The summed E-state index contributed by atoms with van der Waals surface area (Å²) in [6, 6.07) is 5.79. The maximum absolute atomic E-state index is 14.1. The average molecular weight is 337 g/mol. The molecule has 25 heavy (non-hydrogen) atoms. The van der Waals surface area contributed by atoms with Crippen molar-refractivity contribution in [1.29, 1.82) is 0 Å². The molecule has 0 aliphatic carbocycles. The van der Waals surface area contributed by atoms with E-state index in [4.69, 9.17) is 0 Å². The third-order valence-electron chi connectivity index (χ3n) is 4.73. The Labute approximate surface area is 146 Å². The predicted octanol–water partition coefficient (Wildman–Crippen LogP) is 3.24. The van der Waals surface area contributed by atoms with Crippen LogP contribution in [0.2, 0.25) is 0 Å². The molecular formula is C19H20FN5. The van der Waals surface area contributed by atoms with Crippen LogP contribution in [0.15, 0.2) is 55.4 Å². The Bertz CT molecular complexity index is 833. The molecule has 128 valence electrons. The monoisotopic (exact) mass is 337 g/mol. The number of halogens is 1. The fraction of sp³-hybridized carbons (Fsp3) is 0.316. The Hall–Kier alpha value is -2.76. The summed E-state index contributed by atoms with van der Waals surface area (Å²) < 4.78 is 16.3. The molecule has 3 aromatic rings. The second kappa shape index (κ2) is 7.01. The Morgan fingerprint density at radius 3 is 2.76 bits per heavy atom. The highest BCUT2D eigenvalue weighted by atomic mass is 19.1. The van der Waals surface area contributed by atoms with E-state index in [0.29, 0.717) is 5.69 Å². The number of hydrogen-bond donors (Lipinski definition) is 0. The molecule has 1 aliphatic rings. The Kier molecular flexibility index (Phi) is 4.41. The van der Waals surface area contributed by atoms with Crippen LogP contribution in [0.25, 0.3) is 0 Å². The summed E-state index contributed by atoms with van der Waals surface area (Å²) in [4.78, 5) is 14.6. The molecule has 0 bridgehead atoms. The predicted molar refractivity (Wildman–Crippen MR) is 93.9 cm³/mol. The number of imidazole rings is 1. The number of nitrogens with zero attached hydrogens (tertiary/aromatic N) is 5. The van der Waals surface area contributed by atoms with Crippen LogP contribution in [0.1, 0.15) is 30.1 Å². The van der Waals surface area contributed by atoms with Crippen molar-refractivity contribution in [1.82, 2.24) is 19.5 Å². The molecule has 0 radical (unpaired) electrons. The van der Waals surface area contributed by atoms with Gasteiger partial charge in [-0.25, -0.2) is 9.37 Å². The van der Waals surface area contributed by atoms with Crippen molar-refractivity contribution < 1.29 is 4.39 Å². The molecule has 0 unspecified atom stereocenters. The second-order valence-corrected chi connectivity index (χ2v) is 6.38. The highest BCUT2D eigenvalue weighted by Crippen LogP contribution is 2.30. The molecule has 1 atom stereocenters. The van der Waals surface area contributed by atoms with Gasteiger partial charge in [-0.05, 0) is 36.6 Å². The lowest BCUT2D eigenvalue weighted by Gasteiger charge is -2.34. The molecular weight excluding hydrogens is 317 g/mol. The third kappa shape index (κ3) is 3.38. The molecule has 5 nitrogen and oxygen atoms in total. The maximum atomic E-state index is 14.1. The van der Waals surface area contributed by atoms with Gasteiger partial charge in [0, 0.05) is 56.5 Å². The number of aromatic nitrogens is 4. The summed E-state index contributed by atoms with van der Waals surface area (Å²) in [5.74, 6) is 1.09. The normalized spacial score (nSPS) is 17.6. The minimum absolute atomic E-state index is 0.261. The molecule has 1 aliphatic heterocycles. The number of rotatable bonds is 4. The highest BCUT2D eigenvalue weighted by Gasteiger charge is 2.26. The molecule has 3 aromatic heterocycles. The largest absolute Gasteiger partial charge is 0.368 e. The van der Waals surface area contributed by atoms with Crippen molar-refractivity contribution in [3.63, 3.8) is 0 Å². The van der Waals surface area contributed by atoms with Gasteiger partial charge in [0.05, 0.1) is 11.9 Å². The maximum Gasteiger partial charge on any atom is 0.164 e. The fourth-order valence-corrected chi connectivity index (χ4v) is 3.53. The molecule has 1 saturated heterocycles. The van der Waals surface area contributed by atoms with E-state index in [-0.39, 0.29) is 11.7 Å². The van der Waals surface area contributed by atoms with Gasteiger partial charge in [0.25, 0.3) is 0 Å². The minimum Gasteiger partial charge on any atom is -0.368 e. The molecule has 0 aromatic carbocycles. The van der Waals surface area contributed by atoms with Crippen molar-refractivity contribution >= 4 is 5.69 Å². The zero-order valence-corrected chi connectivity index (χ0v) is 13.9. The van der Waals surface area contributed by atoms with E-state index >= 15 is 0 Å². The molecule has 1 fully saturated rings. The molecule has 0 saturated carbocycles. The van der Waals surface area contributed by atoms with Gasteiger partial charge in [0.1, 0.15) is 5.82 Å². The molecule has 4 heterocycles. The summed E-state index contributed by atoms with van der Waals surface area (Å²) >= 11 is 0. The van der Waals surface area contributed by atoms with Gasteiger partial charge in [-0.3, -0.25) is 9.97 Å². The lowest BCUT2D eigenvalue weighted by atomic mass is 9.96. The van der Waals surface area contributed by atoms with Crippen molar-refractivity contribution in [3.05, 3.63) is 72.6 Å². The topological polar surface area (TPSA) is 46.8 Å². The summed E-state index contributed by atoms with van der Waals surface area (Å²) in [6.45, 7) is 2.41. The highest BCUT2D eigenvalue weighted by molar-refractivity contribution is 5.47. The van der Waals surface area contributed by atoms with Gasteiger partial charge in [-0.1, -0.05) is 0 Å². The van der Waals surface area contributed by atoms with Crippen molar-refractivity contribution in [2.24, 2.45) is 0 Å². The van der Waals surface area contributed by atoms with E-state index < -0.39 is 0 Å².